The Bertz CT molecular complexity index is 4000. The first-order valence-corrected chi connectivity index (χ1v) is 26.2. The van der Waals surface area contributed by atoms with Gasteiger partial charge in [-0.3, -0.25) is 0 Å². The molecule has 0 spiro atoms. The number of aryl methyl sites for hydroxylation is 3. The van der Waals surface area contributed by atoms with Crippen LogP contribution in [0.2, 0.25) is 0 Å². The summed E-state index contributed by atoms with van der Waals surface area (Å²) in [7, 11) is 0. The topological polar surface area (TPSA) is 24.6 Å². The van der Waals surface area contributed by atoms with Gasteiger partial charge in [-0.2, -0.15) is 0 Å². The summed E-state index contributed by atoms with van der Waals surface area (Å²) in [6.45, 7) is 27.8. The zero-order valence-electron chi connectivity index (χ0n) is 43.1. The molecule has 0 aliphatic carbocycles. The van der Waals surface area contributed by atoms with E-state index in [-0.39, 0.29) is 23.0 Å². The van der Waals surface area contributed by atoms with Crippen LogP contribution in [0.3, 0.4) is 0 Å². The quantitative estimate of drug-likeness (QED) is 0.164. The van der Waals surface area contributed by atoms with Crippen molar-refractivity contribution in [2.75, 3.05) is 9.80 Å². The monoisotopic (exact) mass is 941 g/mol. The second-order valence-corrected chi connectivity index (χ2v) is 24.7. The van der Waals surface area contributed by atoms with Gasteiger partial charge in [-0.05, 0) is 154 Å². The van der Waals surface area contributed by atoms with Crippen LogP contribution < -0.4 is 26.2 Å². The molecule has 0 unspecified atom stereocenters. The second-order valence-electron chi connectivity index (χ2n) is 23.6. The third kappa shape index (κ3) is 6.49. The summed E-state index contributed by atoms with van der Waals surface area (Å²) in [5, 5.41) is 6.27. The second kappa shape index (κ2) is 15.0. The molecule has 3 aromatic heterocycles. The highest BCUT2D eigenvalue weighted by atomic mass is 32.1. The van der Waals surface area contributed by atoms with Gasteiger partial charge in [-0.15, -0.1) is 11.3 Å². The zero-order chi connectivity index (χ0) is 49.2. The lowest BCUT2D eigenvalue weighted by atomic mass is 9.33. The molecule has 2 aliphatic rings. The van der Waals surface area contributed by atoms with E-state index in [1.165, 1.54) is 109 Å². The van der Waals surface area contributed by atoms with Gasteiger partial charge in [0, 0.05) is 60.4 Å². The highest BCUT2D eigenvalue weighted by molar-refractivity contribution is 7.26. The van der Waals surface area contributed by atoms with Crippen molar-refractivity contribution in [1.82, 2.24) is 4.57 Å². The Morgan fingerprint density at radius 1 is 0.493 bits per heavy atom. The van der Waals surface area contributed by atoms with E-state index in [0.717, 1.165) is 33.3 Å². The predicted octanol–water partition coefficient (Wildman–Crippen LogP) is 16.8. The fraction of sp³-hybridized carbons (Fsp3) is 0.231. The van der Waals surface area contributed by atoms with Crippen LogP contribution in [-0.2, 0) is 16.2 Å². The third-order valence-corrected chi connectivity index (χ3v) is 16.8. The van der Waals surface area contributed by atoms with Gasteiger partial charge in [0.2, 0.25) is 0 Å². The van der Waals surface area contributed by atoms with Gasteiger partial charge in [0.25, 0.3) is 6.71 Å². The van der Waals surface area contributed by atoms with Crippen molar-refractivity contribution < 1.29 is 4.42 Å². The van der Waals surface area contributed by atoms with Crippen LogP contribution in [0.5, 0.6) is 0 Å². The number of anilines is 6. The van der Waals surface area contributed by atoms with E-state index in [0.29, 0.717) is 0 Å². The maximum Gasteiger partial charge on any atom is 0.252 e. The van der Waals surface area contributed by atoms with Crippen molar-refractivity contribution in [3.8, 4) is 5.69 Å². The first-order valence-electron chi connectivity index (χ1n) is 25.4. The van der Waals surface area contributed by atoms with Crippen molar-refractivity contribution >= 4 is 122 Å². The first kappa shape index (κ1) is 44.0. The van der Waals surface area contributed by atoms with Crippen LogP contribution >= 0.6 is 11.3 Å². The minimum atomic E-state index is -0.0754. The summed E-state index contributed by atoms with van der Waals surface area (Å²) in [6, 6.07) is 55.7. The smallest absolute Gasteiger partial charge is 0.252 e. The van der Waals surface area contributed by atoms with Gasteiger partial charge in [-0.1, -0.05) is 141 Å². The Kier molecular flexibility index (Phi) is 9.29. The summed E-state index contributed by atoms with van der Waals surface area (Å²) in [5.74, 6) is 0. The summed E-state index contributed by atoms with van der Waals surface area (Å²) in [6.07, 6.45) is 0. The molecule has 2 aliphatic heterocycles. The van der Waals surface area contributed by atoms with Crippen molar-refractivity contribution in [2.24, 2.45) is 0 Å². The van der Waals surface area contributed by atoms with Crippen LogP contribution in [0.25, 0.3) is 58.8 Å². The number of nitrogens with zero attached hydrogens (tertiary/aromatic N) is 3. The average molecular weight is 942 g/mol. The highest BCUT2D eigenvalue weighted by Crippen LogP contribution is 2.50. The predicted molar refractivity (Wildman–Crippen MR) is 308 cm³/mol. The van der Waals surface area contributed by atoms with Crippen LogP contribution in [0.4, 0.5) is 34.1 Å². The standard InChI is InChI=1S/C65H60BN3OS/c1-37-30-53-60-54(31-37)69-61-46(58-45-19-14-16-23-57(45)71-62(58)69)34-42(65(10,11)12)35-48(61)66(60)47-27-26-43(36-52(47)68(53)51-20-17-22-56-59(51)44-18-13-15-21-55(44)70-56)67(49-28-24-40(32-38(49)2)63(4,5)6)50-29-25-41(33-39(50)3)64(7,8)9/h13-36H,1-12H3. The Morgan fingerprint density at radius 2 is 1.13 bits per heavy atom. The van der Waals surface area contributed by atoms with E-state index in [2.05, 4.69) is 243 Å². The average Bonchev–Trinajstić information content (AvgIpc) is 4.00. The SMILES string of the molecule is Cc1cc2c3c(c1)-n1c4sc5ccccc5c4c4cc(C(C)(C)C)cc(c41)B3c1ccc(N(c3ccc(C(C)(C)C)cc3C)c3ccc(C(C)(C)C)cc3C)cc1N2c1cccc2oc3ccccc3c12. The molecule has 0 amide bonds. The van der Waals surface area contributed by atoms with E-state index in [1.807, 2.05) is 11.3 Å². The molecule has 0 saturated carbocycles. The summed E-state index contributed by atoms with van der Waals surface area (Å²) in [5.41, 5.74) is 23.0. The van der Waals surface area contributed by atoms with Gasteiger partial charge in [-0.25, -0.2) is 0 Å². The number of furan rings is 1. The number of rotatable bonds is 4. The maximum atomic E-state index is 6.69. The largest absolute Gasteiger partial charge is 0.456 e. The zero-order valence-corrected chi connectivity index (χ0v) is 43.9. The summed E-state index contributed by atoms with van der Waals surface area (Å²) < 4.78 is 10.7. The van der Waals surface area contributed by atoms with Crippen LogP contribution in [0, 0.1) is 20.8 Å². The van der Waals surface area contributed by atoms with E-state index in [4.69, 9.17) is 4.42 Å². The lowest BCUT2D eigenvalue weighted by Gasteiger charge is -2.41. The Balaban J connectivity index is 1.16. The number of thiophene rings is 1. The van der Waals surface area contributed by atoms with Crippen molar-refractivity contribution in [1.29, 1.82) is 0 Å². The number of benzene rings is 8. The number of aromatic nitrogens is 1. The van der Waals surface area contributed by atoms with Gasteiger partial charge >= 0.3 is 0 Å². The summed E-state index contributed by atoms with van der Waals surface area (Å²) in [4.78, 5) is 6.43. The van der Waals surface area contributed by atoms with Crippen LogP contribution in [0.1, 0.15) is 95.7 Å². The van der Waals surface area contributed by atoms with Gasteiger partial charge in [0.05, 0.1) is 16.6 Å². The third-order valence-electron chi connectivity index (χ3n) is 15.7. The number of para-hydroxylation sites is 1. The summed E-state index contributed by atoms with van der Waals surface area (Å²) >= 11 is 1.92. The molecular formula is C65H60BN3OS. The molecule has 4 nitrogen and oxygen atoms in total. The minimum Gasteiger partial charge on any atom is -0.456 e. The Hall–Kier alpha value is -7.02. The molecule has 0 N–H and O–H groups in total. The van der Waals surface area contributed by atoms with Crippen LogP contribution in [-0.4, -0.2) is 11.3 Å². The minimum absolute atomic E-state index is 0.0190. The molecule has 71 heavy (non-hydrogen) atoms. The molecule has 8 aromatic carbocycles. The lowest BCUT2D eigenvalue weighted by Crippen LogP contribution is -2.60. The molecule has 13 rings (SSSR count). The van der Waals surface area contributed by atoms with E-state index in [9.17, 15) is 0 Å². The van der Waals surface area contributed by atoms with Crippen LogP contribution in [0.15, 0.2) is 150 Å². The van der Waals surface area contributed by atoms with Crippen molar-refractivity contribution in [2.45, 2.75) is 99.3 Å². The van der Waals surface area contributed by atoms with Crippen molar-refractivity contribution in [3.63, 3.8) is 0 Å². The molecule has 5 heterocycles. The first-order chi connectivity index (χ1) is 33.8. The molecule has 0 atom stereocenters. The normalized spacial score (nSPS) is 13.6. The Labute approximate surface area is 422 Å². The van der Waals surface area contributed by atoms with Gasteiger partial charge in [0.15, 0.2) is 0 Å². The van der Waals surface area contributed by atoms with Gasteiger partial charge in [0.1, 0.15) is 16.0 Å². The lowest BCUT2D eigenvalue weighted by molar-refractivity contribution is 0.590. The molecule has 11 aromatic rings. The van der Waals surface area contributed by atoms with E-state index >= 15 is 0 Å². The number of hydrogen-bond donors (Lipinski definition) is 0. The molecular weight excluding hydrogens is 882 g/mol. The molecule has 0 bridgehead atoms. The maximum absolute atomic E-state index is 6.69. The molecule has 0 radical (unpaired) electrons. The van der Waals surface area contributed by atoms with Crippen molar-refractivity contribution in [3.05, 3.63) is 179 Å². The molecule has 350 valence electrons. The molecule has 0 saturated heterocycles. The molecule has 6 heteroatoms. The molecule has 0 fully saturated rings. The highest BCUT2D eigenvalue weighted by Gasteiger charge is 2.44. The van der Waals surface area contributed by atoms with E-state index in [1.54, 1.807) is 0 Å². The Morgan fingerprint density at radius 3 is 1.80 bits per heavy atom. The number of hydrogen-bond acceptors (Lipinski definition) is 4. The van der Waals surface area contributed by atoms with Gasteiger partial charge < -0.3 is 18.8 Å². The van der Waals surface area contributed by atoms with E-state index < -0.39 is 0 Å². The number of fused-ring (bicyclic) bond motifs is 12. The fourth-order valence-electron chi connectivity index (χ4n) is 12.0. The fourth-order valence-corrected chi connectivity index (χ4v) is 13.3.